The standard InChI is InChI=1S/C65H43NO/c1-3-21-49(22-4-1)65(50-23-5-2-6-24-50)58-31-12-9-29-56(58)64-59(65)32-17-34-61(64)66(60-33-13-10-27-54(60)48-40-41-63-57(43-48)55-28-11-14-35-62(55)67-63)51-25-15-20-47(42-51)44-36-38-46(39-37-44)53-30-16-19-45-18-7-8-26-52(45)53/h1-43H. The summed E-state index contributed by atoms with van der Waals surface area (Å²) in [7, 11) is 0. The molecule has 0 bridgehead atoms. The molecule has 0 amide bonds. The number of rotatable bonds is 8. The fourth-order valence-corrected chi connectivity index (χ4v) is 11.0. The van der Waals surface area contributed by atoms with E-state index in [2.05, 4.69) is 254 Å². The number of anilines is 3. The summed E-state index contributed by atoms with van der Waals surface area (Å²) < 4.78 is 6.33. The highest BCUT2D eigenvalue weighted by Crippen LogP contribution is 2.60. The van der Waals surface area contributed by atoms with E-state index in [4.69, 9.17) is 4.42 Å². The highest BCUT2D eigenvalue weighted by molar-refractivity contribution is 6.07. The quantitative estimate of drug-likeness (QED) is 0.151. The molecule has 1 aliphatic carbocycles. The van der Waals surface area contributed by atoms with Gasteiger partial charge in [0.05, 0.1) is 16.8 Å². The third kappa shape index (κ3) is 6.18. The first-order valence-corrected chi connectivity index (χ1v) is 23.1. The lowest BCUT2D eigenvalue weighted by Crippen LogP contribution is -2.28. The number of hydrogen-bond donors (Lipinski definition) is 0. The van der Waals surface area contributed by atoms with Gasteiger partial charge in [-0.2, -0.15) is 0 Å². The topological polar surface area (TPSA) is 16.4 Å². The van der Waals surface area contributed by atoms with Crippen molar-refractivity contribution in [3.05, 3.63) is 283 Å². The van der Waals surface area contributed by atoms with Crippen molar-refractivity contribution < 1.29 is 4.42 Å². The number of nitrogens with zero attached hydrogens (tertiary/aromatic N) is 1. The maximum atomic E-state index is 6.33. The molecule has 67 heavy (non-hydrogen) atoms. The number of fused-ring (bicyclic) bond motifs is 7. The molecule has 0 N–H and O–H groups in total. The molecular formula is C65H43NO. The van der Waals surface area contributed by atoms with Crippen LogP contribution in [0.25, 0.3) is 77.2 Å². The molecule has 0 spiro atoms. The molecule has 0 atom stereocenters. The largest absolute Gasteiger partial charge is 0.456 e. The maximum Gasteiger partial charge on any atom is 0.135 e. The Morgan fingerprint density at radius 3 is 1.70 bits per heavy atom. The molecule has 0 unspecified atom stereocenters. The third-order valence-corrected chi connectivity index (χ3v) is 14.0. The van der Waals surface area contributed by atoms with E-state index in [1.54, 1.807) is 0 Å². The summed E-state index contributed by atoms with van der Waals surface area (Å²) in [6, 6.07) is 95.2. The van der Waals surface area contributed by atoms with Gasteiger partial charge in [-0.1, -0.05) is 218 Å². The van der Waals surface area contributed by atoms with Crippen molar-refractivity contribution in [1.82, 2.24) is 0 Å². The van der Waals surface area contributed by atoms with E-state index in [-0.39, 0.29) is 0 Å². The van der Waals surface area contributed by atoms with Crippen LogP contribution in [0.15, 0.2) is 265 Å². The van der Waals surface area contributed by atoms with Gasteiger partial charge in [-0.05, 0) is 109 Å². The van der Waals surface area contributed by atoms with Crippen LogP contribution >= 0.6 is 0 Å². The summed E-state index contributed by atoms with van der Waals surface area (Å²) >= 11 is 0. The average molecular weight is 854 g/mol. The Labute approximate surface area is 390 Å². The molecule has 2 heteroatoms. The number of furan rings is 1. The molecular weight excluding hydrogens is 811 g/mol. The van der Waals surface area contributed by atoms with Crippen molar-refractivity contribution in [1.29, 1.82) is 0 Å². The molecule has 0 fully saturated rings. The van der Waals surface area contributed by atoms with Crippen LogP contribution in [0.2, 0.25) is 0 Å². The fraction of sp³-hybridized carbons (Fsp3) is 0.0154. The van der Waals surface area contributed by atoms with Crippen molar-refractivity contribution in [2.45, 2.75) is 5.41 Å². The van der Waals surface area contributed by atoms with Gasteiger partial charge in [-0.15, -0.1) is 0 Å². The normalized spacial score (nSPS) is 12.6. The van der Waals surface area contributed by atoms with Gasteiger partial charge < -0.3 is 9.32 Å². The molecule has 11 aromatic carbocycles. The molecule has 1 aromatic heterocycles. The van der Waals surface area contributed by atoms with Crippen LogP contribution in [0.3, 0.4) is 0 Å². The van der Waals surface area contributed by atoms with Crippen LogP contribution in [0.4, 0.5) is 17.1 Å². The first-order chi connectivity index (χ1) is 33.2. The maximum absolute atomic E-state index is 6.33. The van der Waals surface area contributed by atoms with Crippen molar-refractivity contribution in [2.75, 3.05) is 4.90 Å². The molecule has 314 valence electrons. The minimum atomic E-state index is -0.545. The summed E-state index contributed by atoms with van der Waals surface area (Å²) in [6.07, 6.45) is 0. The van der Waals surface area contributed by atoms with Crippen molar-refractivity contribution >= 4 is 49.8 Å². The van der Waals surface area contributed by atoms with Crippen molar-refractivity contribution in [2.24, 2.45) is 0 Å². The number of hydrogen-bond acceptors (Lipinski definition) is 2. The lowest BCUT2D eigenvalue weighted by atomic mass is 9.68. The second-order valence-corrected chi connectivity index (χ2v) is 17.5. The average Bonchev–Trinajstić information content (AvgIpc) is 3.93. The second kappa shape index (κ2) is 15.8. The van der Waals surface area contributed by atoms with Gasteiger partial charge in [0.25, 0.3) is 0 Å². The molecule has 0 saturated heterocycles. The monoisotopic (exact) mass is 853 g/mol. The van der Waals surface area contributed by atoms with Crippen LogP contribution in [0.5, 0.6) is 0 Å². The predicted octanol–water partition coefficient (Wildman–Crippen LogP) is 17.6. The van der Waals surface area contributed by atoms with Gasteiger partial charge in [0.15, 0.2) is 0 Å². The van der Waals surface area contributed by atoms with E-state index < -0.39 is 5.41 Å². The molecule has 1 heterocycles. The molecule has 12 aromatic rings. The summed E-state index contributed by atoms with van der Waals surface area (Å²) in [5, 5.41) is 4.72. The minimum Gasteiger partial charge on any atom is -0.456 e. The highest BCUT2D eigenvalue weighted by atomic mass is 16.3. The Morgan fingerprint density at radius 2 is 0.881 bits per heavy atom. The van der Waals surface area contributed by atoms with Gasteiger partial charge in [0, 0.05) is 27.6 Å². The molecule has 13 rings (SSSR count). The molecule has 2 nitrogen and oxygen atoms in total. The first-order valence-electron chi connectivity index (χ1n) is 23.1. The summed E-state index contributed by atoms with van der Waals surface area (Å²) in [4.78, 5) is 2.50. The third-order valence-electron chi connectivity index (χ3n) is 14.0. The number of para-hydroxylation sites is 2. The Kier molecular flexibility index (Phi) is 9.11. The van der Waals surface area contributed by atoms with E-state index in [0.717, 1.165) is 61.3 Å². The summed E-state index contributed by atoms with van der Waals surface area (Å²) in [6.45, 7) is 0. The Hall–Kier alpha value is -8.72. The van der Waals surface area contributed by atoms with Crippen LogP contribution in [-0.4, -0.2) is 0 Å². The van der Waals surface area contributed by atoms with Gasteiger partial charge >= 0.3 is 0 Å². The van der Waals surface area contributed by atoms with Crippen molar-refractivity contribution in [3.63, 3.8) is 0 Å². The van der Waals surface area contributed by atoms with Crippen LogP contribution in [0.1, 0.15) is 22.3 Å². The Morgan fingerprint density at radius 1 is 0.313 bits per heavy atom. The van der Waals surface area contributed by atoms with Crippen LogP contribution in [-0.2, 0) is 5.41 Å². The van der Waals surface area contributed by atoms with E-state index in [0.29, 0.717) is 0 Å². The van der Waals surface area contributed by atoms with Gasteiger partial charge in [0.1, 0.15) is 11.2 Å². The lowest BCUT2D eigenvalue weighted by molar-refractivity contribution is 0.669. The van der Waals surface area contributed by atoms with Crippen LogP contribution < -0.4 is 4.90 Å². The zero-order chi connectivity index (χ0) is 44.3. The summed E-state index contributed by atoms with van der Waals surface area (Å²) in [5.41, 5.74) is 19.0. The zero-order valence-corrected chi connectivity index (χ0v) is 36.7. The first kappa shape index (κ1) is 38.7. The SMILES string of the molecule is c1ccc(C2(c3ccccc3)c3ccccc3-c3c(N(c4cccc(-c5ccc(-c6cccc7ccccc67)cc5)c4)c4ccccc4-c4ccc5oc6ccccc6c5c4)cccc32)cc1. The lowest BCUT2D eigenvalue weighted by Gasteiger charge is -2.34. The second-order valence-electron chi connectivity index (χ2n) is 17.5. The summed E-state index contributed by atoms with van der Waals surface area (Å²) in [5.74, 6) is 0. The Bertz CT molecular complexity index is 3760. The van der Waals surface area contributed by atoms with Gasteiger partial charge in [0.2, 0.25) is 0 Å². The van der Waals surface area contributed by atoms with E-state index in [9.17, 15) is 0 Å². The van der Waals surface area contributed by atoms with Gasteiger partial charge in [-0.25, -0.2) is 0 Å². The molecule has 0 aliphatic heterocycles. The minimum absolute atomic E-state index is 0.545. The van der Waals surface area contributed by atoms with E-state index >= 15 is 0 Å². The van der Waals surface area contributed by atoms with Gasteiger partial charge in [-0.3, -0.25) is 0 Å². The van der Waals surface area contributed by atoms with Crippen molar-refractivity contribution in [3.8, 4) is 44.5 Å². The highest BCUT2D eigenvalue weighted by Gasteiger charge is 2.47. The molecule has 1 aliphatic rings. The van der Waals surface area contributed by atoms with E-state index in [1.165, 1.54) is 55.3 Å². The van der Waals surface area contributed by atoms with E-state index in [1.807, 2.05) is 12.1 Å². The Balaban J connectivity index is 1.04. The fourth-order valence-electron chi connectivity index (χ4n) is 11.0. The number of benzene rings is 11. The predicted molar refractivity (Wildman–Crippen MR) is 280 cm³/mol. The molecule has 0 saturated carbocycles. The smallest absolute Gasteiger partial charge is 0.135 e. The van der Waals surface area contributed by atoms with Crippen LogP contribution in [0, 0.1) is 0 Å². The molecule has 0 radical (unpaired) electrons. The zero-order valence-electron chi connectivity index (χ0n) is 36.7.